The van der Waals surface area contributed by atoms with Crippen molar-refractivity contribution in [2.24, 2.45) is 0 Å². The van der Waals surface area contributed by atoms with Gasteiger partial charge < -0.3 is 4.42 Å². The van der Waals surface area contributed by atoms with E-state index in [4.69, 9.17) is 9.40 Å². The molecule has 1 aliphatic carbocycles. The van der Waals surface area contributed by atoms with E-state index < -0.39 is 4.92 Å². The molecule has 22 heavy (non-hydrogen) atoms. The van der Waals surface area contributed by atoms with E-state index in [1.54, 1.807) is 6.07 Å². The van der Waals surface area contributed by atoms with Gasteiger partial charge in [0.05, 0.1) is 12.6 Å². The number of hydrogen-bond donors (Lipinski definition) is 0. The molecule has 1 aliphatic heterocycles. The van der Waals surface area contributed by atoms with Gasteiger partial charge in [-0.25, -0.2) is 9.97 Å². The Hall–Kier alpha value is -2.28. The molecular formula is C15H16N4O3. The molecule has 0 radical (unpaired) electrons. The molecule has 0 unspecified atom stereocenters. The second-order valence-electron chi connectivity index (χ2n) is 5.93. The van der Waals surface area contributed by atoms with Crippen molar-refractivity contribution in [3.05, 3.63) is 51.3 Å². The fourth-order valence-corrected chi connectivity index (χ4v) is 2.83. The summed E-state index contributed by atoms with van der Waals surface area (Å²) in [5.41, 5.74) is 2.30. The summed E-state index contributed by atoms with van der Waals surface area (Å²) in [5, 5.41) is 10.6. The Morgan fingerprint density at radius 1 is 1.41 bits per heavy atom. The highest BCUT2D eigenvalue weighted by Crippen LogP contribution is 2.38. The third kappa shape index (κ3) is 2.59. The van der Waals surface area contributed by atoms with E-state index in [1.165, 1.54) is 18.9 Å². The molecular weight excluding hydrogens is 284 g/mol. The molecule has 7 heteroatoms. The summed E-state index contributed by atoms with van der Waals surface area (Å²) in [6, 6.07) is 3.07. The highest BCUT2D eigenvalue weighted by Gasteiger charge is 2.28. The number of hydrogen-bond acceptors (Lipinski definition) is 6. The van der Waals surface area contributed by atoms with Gasteiger partial charge in [-0.05, 0) is 18.9 Å². The highest BCUT2D eigenvalue weighted by atomic mass is 16.6. The van der Waals surface area contributed by atoms with Crippen molar-refractivity contribution in [2.75, 3.05) is 6.54 Å². The first-order valence-electron chi connectivity index (χ1n) is 7.49. The van der Waals surface area contributed by atoms with E-state index in [1.807, 2.05) is 6.20 Å². The van der Waals surface area contributed by atoms with E-state index >= 15 is 0 Å². The fraction of sp³-hybridized carbons (Fsp3) is 0.467. The SMILES string of the molecule is O=[N+]([O-])c1ccc(CN2CCc3nc(C4CC4)ncc3C2)o1. The molecule has 1 saturated carbocycles. The zero-order valence-electron chi connectivity index (χ0n) is 12.1. The maximum absolute atomic E-state index is 10.6. The summed E-state index contributed by atoms with van der Waals surface area (Å²) < 4.78 is 5.22. The average Bonchev–Trinajstić information content (AvgIpc) is 3.26. The van der Waals surface area contributed by atoms with Crippen molar-refractivity contribution < 1.29 is 9.34 Å². The van der Waals surface area contributed by atoms with Gasteiger partial charge in [0.15, 0.2) is 0 Å². The van der Waals surface area contributed by atoms with Crippen molar-refractivity contribution in [3.8, 4) is 0 Å². The third-order valence-electron chi connectivity index (χ3n) is 4.18. The second-order valence-corrected chi connectivity index (χ2v) is 5.93. The lowest BCUT2D eigenvalue weighted by molar-refractivity contribution is -0.402. The van der Waals surface area contributed by atoms with Crippen LogP contribution in [0.3, 0.4) is 0 Å². The topological polar surface area (TPSA) is 85.3 Å². The highest BCUT2D eigenvalue weighted by molar-refractivity contribution is 5.23. The van der Waals surface area contributed by atoms with E-state index in [-0.39, 0.29) is 5.88 Å². The van der Waals surface area contributed by atoms with Crippen molar-refractivity contribution >= 4 is 5.88 Å². The van der Waals surface area contributed by atoms with Crippen LogP contribution in [0.25, 0.3) is 0 Å². The van der Waals surface area contributed by atoms with E-state index in [0.717, 1.165) is 36.6 Å². The van der Waals surface area contributed by atoms with Crippen LogP contribution in [-0.2, 0) is 19.5 Å². The van der Waals surface area contributed by atoms with Crippen LogP contribution in [0.4, 0.5) is 5.88 Å². The Kier molecular flexibility index (Phi) is 3.15. The molecule has 2 aromatic heterocycles. The summed E-state index contributed by atoms with van der Waals surface area (Å²) in [5.74, 6) is 1.98. The Labute approximate surface area is 127 Å². The molecule has 0 spiro atoms. The van der Waals surface area contributed by atoms with Gasteiger partial charge in [0.25, 0.3) is 0 Å². The van der Waals surface area contributed by atoms with Gasteiger partial charge in [-0.15, -0.1) is 0 Å². The van der Waals surface area contributed by atoms with Crippen LogP contribution in [0.15, 0.2) is 22.7 Å². The maximum Gasteiger partial charge on any atom is 0.433 e. The van der Waals surface area contributed by atoms with Crippen LogP contribution < -0.4 is 0 Å². The summed E-state index contributed by atoms with van der Waals surface area (Å²) in [7, 11) is 0. The van der Waals surface area contributed by atoms with Gasteiger partial charge in [0.2, 0.25) is 0 Å². The Balaban J connectivity index is 1.45. The zero-order chi connectivity index (χ0) is 15.1. The molecule has 0 aromatic carbocycles. The molecule has 0 amide bonds. The first kappa shape index (κ1) is 13.4. The Morgan fingerprint density at radius 3 is 3.00 bits per heavy atom. The number of rotatable bonds is 4. The van der Waals surface area contributed by atoms with Crippen LogP contribution in [0.2, 0.25) is 0 Å². The molecule has 3 heterocycles. The van der Waals surface area contributed by atoms with Gasteiger partial charge in [0.1, 0.15) is 16.5 Å². The molecule has 0 atom stereocenters. The Morgan fingerprint density at radius 2 is 2.27 bits per heavy atom. The summed E-state index contributed by atoms with van der Waals surface area (Å²) in [6.45, 7) is 2.20. The largest absolute Gasteiger partial charge is 0.433 e. The van der Waals surface area contributed by atoms with E-state index in [0.29, 0.717) is 18.2 Å². The van der Waals surface area contributed by atoms with Crippen molar-refractivity contribution in [1.82, 2.24) is 14.9 Å². The van der Waals surface area contributed by atoms with Crippen LogP contribution in [0.5, 0.6) is 0 Å². The van der Waals surface area contributed by atoms with Gasteiger partial charge in [-0.1, -0.05) is 0 Å². The first-order valence-corrected chi connectivity index (χ1v) is 7.49. The van der Waals surface area contributed by atoms with E-state index in [9.17, 15) is 10.1 Å². The number of furan rings is 1. The lowest BCUT2D eigenvalue weighted by Crippen LogP contribution is -2.31. The first-order chi connectivity index (χ1) is 10.7. The lowest BCUT2D eigenvalue weighted by atomic mass is 10.1. The average molecular weight is 300 g/mol. The minimum atomic E-state index is -0.512. The van der Waals surface area contributed by atoms with Crippen molar-refractivity contribution in [2.45, 2.75) is 38.3 Å². The summed E-state index contributed by atoms with van der Waals surface area (Å²) in [6.07, 6.45) is 5.25. The summed E-state index contributed by atoms with van der Waals surface area (Å²) in [4.78, 5) is 21.5. The quantitative estimate of drug-likeness (QED) is 0.636. The number of nitrogens with zero attached hydrogens (tertiary/aromatic N) is 4. The summed E-state index contributed by atoms with van der Waals surface area (Å²) >= 11 is 0. The lowest BCUT2D eigenvalue weighted by Gasteiger charge is -2.27. The van der Waals surface area contributed by atoms with E-state index in [2.05, 4.69) is 9.88 Å². The second kappa shape index (κ2) is 5.17. The fourth-order valence-electron chi connectivity index (χ4n) is 2.83. The molecule has 0 saturated heterocycles. The Bertz CT molecular complexity index is 723. The van der Waals surface area contributed by atoms with Crippen LogP contribution in [0, 0.1) is 10.1 Å². The number of fused-ring (bicyclic) bond motifs is 1. The normalized spacial score (nSPS) is 18.2. The molecule has 114 valence electrons. The number of aromatic nitrogens is 2. The third-order valence-corrected chi connectivity index (χ3v) is 4.18. The molecule has 0 N–H and O–H groups in total. The minimum Gasteiger partial charge on any atom is -0.404 e. The molecule has 0 bridgehead atoms. The van der Waals surface area contributed by atoms with Gasteiger partial charge in [-0.3, -0.25) is 15.0 Å². The molecule has 2 aliphatic rings. The van der Waals surface area contributed by atoms with Crippen LogP contribution in [-0.4, -0.2) is 26.3 Å². The smallest absolute Gasteiger partial charge is 0.404 e. The molecule has 4 rings (SSSR count). The standard InChI is InChI=1S/C15H16N4O3/c20-19(21)14-4-3-12(22-14)9-18-6-5-13-11(8-18)7-16-15(17-13)10-1-2-10/h3-4,7,10H,1-2,5-6,8-9H2. The van der Waals surface area contributed by atoms with Crippen molar-refractivity contribution in [3.63, 3.8) is 0 Å². The molecule has 2 aromatic rings. The molecule has 7 nitrogen and oxygen atoms in total. The predicted molar refractivity (Wildman–Crippen MR) is 77.2 cm³/mol. The predicted octanol–water partition coefficient (Wildman–Crippen LogP) is 2.41. The maximum atomic E-state index is 10.6. The minimum absolute atomic E-state index is 0.204. The van der Waals surface area contributed by atoms with Crippen molar-refractivity contribution in [1.29, 1.82) is 0 Å². The van der Waals surface area contributed by atoms with Gasteiger partial charge in [0, 0.05) is 42.9 Å². The monoisotopic (exact) mass is 300 g/mol. The van der Waals surface area contributed by atoms with Gasteiger partial charge >= 0.3 is 5.88 Å². The molecule has 1 fully saturated rings. The zero-order valence-corrected chi connectivity index (χ0v) is 12.1. The van der Waals surface area contributed by atoms with Crippen LogP contribution in [0.1, 0.15) is 41.6 Å². The van der Waals surface area contributed by atoms with Crippen LogP contribution >= 0.6 is 0 Å². The van der Waals surface area contributed by atoms with Gasteiger partial charge in [-0.2, -0.15) is 0 Å². The number of nitro groups is 1.